The lowest BCUT2D eigenvalue weighted by molar-refractivity contribution is 0.102. The molecule has 180 valence electrons. The van der Waals surface area contributed by atoms with Gasteiger partial charge in [-0.15, -0.1) is 10.2 Å². The number of halogens is 2. The molecule has 2 aromatic carbocycles. The maximum atomic E-state index is 12.7. The van der Waals surface area contributed by atoms with Crippen LogP contribution in [0.1, 0.15) is 23.2 Å². The molecule has 0 aliphatic carbocycles. The van der Waals surface area contributed by atoms with E-state index in [1.165, 1.54) is 18.2 Å². The number of carbonyl (C=O) groups excluding carboxylic acids is 1. The first-order chi connectivity index (χ1) is 16.2. The average Bonchev–Trinajstić information content (AvgIpc) is 3.26. The molecule has 3 aromatic rings. The summed E-state index contributed by atoms with van der Waals surface area (Å²) in [6.45, 7) is 1.97. The van der Waals surface area contributed by atoms with Crippen LogP contribution in [0.4, 0.5) is 10.8 Å². The second kappa shape index (κ2) is 10.4. The van der Waals surface area contributed by atoms with E-state index in [2.05, 4.69) is 32.2 Å². The van der Waals surface area contributed by atoms with E-state index in [1.54, 1.807) is 24.3 Å². The van der Waals surface area contributed by atoms with E-state index in [0.29, 0.717) is 27.8 Å². The monoisotopic (exact) mass is 541 g/mol. The van der Waals surface area contributed by atoms with Gasteiger partial charge in [0, 0.05) is 23.8 Å². The number of sulfonamides is 1. The Bertz CT molecular complexity index is 1280. The summed E-state index contributed by atoms with van der Waals surface area (Å²) in [5, 5.41) is 10.5. The van der Waals surface area contributed by atoms with E-state index < -0.39 is 15.9 Å². The topological polar surface area (TPSA) is 114 Å². The lowest BCUT2D eigenvalue weighted by atomic mass is 10.1. The number of hydrogen-bond donors (Lipinski definition) is 2. The van der Waals surface area contributed by atoms with Crippen molar-refractivity contribution in [3.05, 3.63) is 58.1 Å². The smallest absolute Gasteiger partial charge is 0.291 e. The van der Waals surface area contributed by atoms with Crippen molar-refractivity contribution in [1.29, 1.82) is 0 Å². The molecule has 0 spiro atoms. The fraction of sp³-hybridized carbons (Fsp3) is 0.286. The van der Waals surface area contributed by atoms with Gasteiger partial charge >= 0.3 is 0 Å². The van der Waals surface area contributed by atoms with Gasteiger partial charge in [-0.1, -0.05) is 34.5 Å². The van der Waals surface area contributed by atoms with Crippen molar-refractivity contribution in [3.8, 4) is 5.75 Å². The van der Waals surface area contributed by atoms with E-state index >= 15 is 0 Å². The summed E-state index contributed by atoms with van der Waals surface area (Å²) in [5.74, 6) is 0.120. The Balaban J connectivity index is 1.37. The number of nitrogens with zero attached hydrogens (tertiary/aromatic N) is 3. The molecule has 0 bridgehead atoms. The van der Waals surface area contributed by atoms with Crippen molar-refractivity contribution in [2.45, 2.75) is 23.3 Å². The number of nitrogens with one attached hydrogen (secondary N) is 2. The Hall–Kier alpha value is -2.44. The van der Waals surface area contributed by atoms with E-state index in [9.17, 15) is 13.2 Å². The predicted molar refractivity (Wildman–Crippen MR) is 133 cm³/mol. The van der Waals surface area contributed by atoms with Gasteiger partial charge in [0.05, 0.1) is 10.6 Å². The van der Waals surface area contributed by atoms with Crippen LogP contribution in [0.25, 0.3) is 0 Å². The van der Waals surface area contributed by atoms with Crippen LogP contribution in [-0.2, 0) is 10.0 Å². The minimum Gasteiger partial charge on any atom is -0.490 e. The van der Waals surface area contributed by atoms with Crippen LogP contribution in [0.2, 0.25) is 10.0 Å². The molecule has 0 saturated carbocycles. The number of amides is 1. The lowest BCUT2D eigenvalue weighted by Gasteiger charge is -2.29. The molecule has 1 aliphatic heterocycles. The second-order valence-electron chi connectivity index (χ2n) is 7.70. The largest absolute Gasteiger partial charge is 0.490 e. The fourth-order valence-corrected chi connectivity index (χ4v) is 5.75. The van der Waals surface area contributed by atoms with Crippen molar-refractivity contribution in [2.24, 2.45) is 0 Å². The molecule has 9 nitrogen and oxygen atoms in total. The summed E-state index contributed by atoms with van der Waals surface area (Å²) in [7, 11) is -1.91. The molecule has 13 heteroatoms. The highest BCUT2D eigenvalue weighted by molar-refractivity contribution is 7.94. The van der Waals surface area contributed by atoms with Crippen molar-refractivity contribution in [3.63, 3.8) is 0 Å². The van der Waals surface area contributed by atoms with Gasteiger partial charge in [0.2, 0.25) is 5.13 Å². The molecular formula is C21H21Cl2N5O4S2. The number of likely N-dealkylation sites (tertiary alicyclic amines) is 1. The zero-order valence-electron chi connectivity index (χ0n) is 18.0. The molecule has 1 fully saturated rings. The van der Waals surface area contributed by atoms with Gasteiger partial charge in [-0.3, -0.25) is 14.8 Å². The average molecular weight is 542 g/mol. The van der Waals surface area contributed by atoms with Gasteiger partial charge in [-0.25, -0.2) is 0 Å². The van der Waals surface area contributed by atoms with E-state index in [-0.39, 0.29) is 26.2 Å². The zero-order chi connectivity index (χ0) is 24.3. The van der Waals surface area contributed by atoms with Gasteiger partial charge in [-0.2, -0.15) is 8.42 Å². The lowest BCUT2D eigenvalue weighted by Crippen LogP contribution is -2.35. The summed E-state index contributed by atoms with van der Waals surface area (Å²) in [4.78, 5) is 14.7. The highest BCUT2D eigenvalue weighted by Crippen LogP contribution is 2.26. The number of hydrogen-bond acceptors (Lipinski definition) is 8. The summed E-state index contributed by atoms with van der Waals surface area (Å²) < 4.78 is 33.6. The Labute approximate surface area is 211 Å². The molecule has 2 heterocycles. The van der Waals surface area contributed by atoms with Crippen LogP contribution in [0.3, 0.4) is 0 Å². The molecule has 34 heavy (non-hydrogen) atoms. The minimum atomic E-state index is -4.00. The van der Waals surface area contributed by atoms with Crippen molar-refractivity contribution in [2.75, 3.05) is 30.2 Å². The Morgan fingerprint density at radius 3 is 2.50 bits per heavy atom. The van der Waals surface area contributed by atoms with Crippen LogP contribution in [0, 0.1) is 0 Å². The number of anilines is 2. The third-order valence-corrected chi connectivity index (χ3v) is 8.24. The summed E-state index contributed by atoms with van der Waals surface area (Å²) in [5.41, 5.74) is 0.524. The highest BCUT2D eigenvalue weighted by atomic mass is 35.5. The molecule has 1 saturated heterocycles. The number of aromatic nitrogens is 2. The van der Waals surface area contributed by atoms with E-state index in [4.69, 9.17) is 27.9 Å². The van der Waals surface area contributed by atoms with Crippen LogP contribution in [0.15, 0.2) is 46.8 Å². The standard InChI is InChI=1S/C21H21Cl2N5O4S2/c1-28-10-8-16(9-11-28)32-15-5-3-14(4-6-15)27-34(30,31)21-26-25-20(33-21)24-19(29)17-7-2-13(22)12-18(17)23/h2-7,12,16,27H,8-11H2,1H3,(H,24,25,29). The minimum absolute atomic E-state index is 0.0123. The van der Waals surface area contributed by atoms with Gasteiger partial charge in [0.1, 0.15) is 11.9 Å². The predicted octanol–water partition coefficient (Wildman–Crippen LogP) is 4.37. The number of piperidine rings is 1. The number of benzene rings is 2. The summed E-state index contributed by atoms with van der Waals surface area (Å²) >= 11 is 12.6. The Morgan fingerprint density at radius 2 is 1.82 bits per heavy atom. The molecule has 2 N–H and O–H groups in total. The summed E-state index contributed by atoms with van der Waals surface area (Å²) in [6.07, 6.45) is 2.05. The Morgan fingerprint density at radius 1 is 1.12 bits per heavy atom. The summed E-state index contributed by atoms with van der Waals surface area (Å²) in [6, 6.07) is 11.1. The van der Waals surface area contributed by atoms with Crippen LogP contribution in [-0.4, -0.2) is 55.7 Å². The third-order valence-electron chi connectivity index (χ3n) is 5.11. The van der Waals surface area contributed by atoms with Gasteiger partial charge < -0.3 is 9.64 Å². The molecule has 0 atom stereocenters. The molecule has 0 unspecified atom stereocenters. The molecular weight excluding hydrogens is 521 g/mol. The molecule has 1 aliphatic rings. The number of carbonyl (C=O) groups is 1. The quantitative estimate of drug-likeness (QED) is 0.427. The van der Waals surface area contributed by atoms with E-state index in [0.717, 1.165) is 25.9 Å². The van der Waals surface area contributed by atoms with Crippen molar-refractivity contribution >= 4 is 61.3 Å². The maximum absolute atomic E-state index is 12.7. The zero-order valence-corrected chi connectivity index (χ0v) is 21.1. The molecule has 1 amide bonds. The third kappa shape index (κ3) is 6.16. The van der Waals surface area contributed by atoms with Crippen molar-refractivity contribution < 1.29 is 17.9 Å². The van der Waals surface area contributed by atoms with Gasteiger partial charge in [0.25, 0.3) is 20.3 Å². The first-order valence-corrected chi connectivity index (χ1v) is 13.3. The molecule has 0 radical (unpaired) electrons. The van der Waals surface area contributed by atoms with Crippen LogP contribution < -0.4 is 14.8 Å². The number of ether oxygens (including phenoxy) is 1. The maximum Gasteiger partial charge on any atom is 0.291 e. The number of rotatable bonds is 7. The second-order valence-corrected chi connectivity index (χ2v) is 11.4. The molecule has 4 rings (SSSR count). The molecule has 1 aromatic heterocycles. The normalized spacial score (nSPS) is 15.1. The van der Waals surface area contributed by atoms with Crippen molar-refractivity contribution in [1.82, 2.24) is 15.1 Å². The first-order valence-electron chi connectivity index (χ1n) is 10.3. The fourth-order valence-electron chi connectivity index (χ4n) is 3.30. The SMILES string of the molecule is CN1CCC(Oc2ccc(NS(=O)(=O)c3nnc(NC(=O)c4ccc(Cl)cc4Cl)s3)cc2)CC1. The van der Waals surface area contributed by atoms with Crippen LogP contribution >= 0.6 is 34.5 Å². The van der Waals surface area contributed by atoms with Gasteiger partial charge in [-0.05, 0) is 62.4 Å². The van der Waals surface area contributed by atoms with Gasteiger partial charge in [0.15, 0.2) is 0 Å². The Kier molecular flexibility index (Phi) is 7.58. The first kappa shape index (κ1) is 24.7. The van der Waals surface area contributed by atoms with Crippen LogP contribution in [0.5, 0.6) is 5.75 Å². The highest BCUT2D eigenvalue weighted by Gasteiger charge is 2.22. The van der Waals surface area contributed by atoms with E-state index in [1.807, 2.05) is 0 Å².